The van der Waals surface area contributed by atoms with E-state index >= 15 is 0 Å². The van der Waals surface area contributed by atoms with Gasteiger partial charge in [0.15, 0.2) is 0 Å². The predicted octanol–water partition coefficient (Wildman–Crippen LogP) is 3.69. The standard InChI is InChI=1S/C18H15N5OS2/c24-17(7-15-10-26-18(21-15)14-5-6-25-9-14)22-16-4-2-1-3-13(16)8-23-12-19-11-20-23/h1-6,9-12H,7-8H2,(H,22,24). The molecule has 0 aliphatic rings. The van der Waals surface area contributed by atoms with Crippen LogP contribution in [0.3, 0.4) is 0 Å². The number of hydrogen-bond donors (Lipinski definition) is 1. The molecule has 1 aromatic carbocycles. The Morgan fingerprint density at radius 3 is 2.92 bits per heavy atom. The molecule has 3 heterocycles. The summed E-state index contributed by atoms with van der Waals surface area (Å²) >= 11 is 3.20. The first-order chi connectivity index (χ1) is 12.8. The number of carbonyl (C=O) groups excluding carboxylic acids is 1. The Hall–Kier alpha value is -2.84. The van der Waals surface area contributed by atoms with Crippen molar-refractivity contribution in [2.75, 3.05) is 5.32 Å². The van der Waals surface area contributed by atoms with Gasteiger partial charge in [0, 0.05) is 22.0 Å². The van der Waals surface area contributed by atoms with Gasteiger partial charge in [-0.25, -0.2) is 14.6 Å². The maximum Gasteiger partial charge on any atom is 0.230 e. The maximum atomic E-state index is 12.5. The summed E-state index contributed by atoms with van der Waals surface area (Å²) in [6.45, 7) is 0.551. The molecule has 0 saturated carbocycles. The molecule has 0 aliphatic heterocycles. The quantitative estimate of drug-likeness (QED) is 0.553. The van der Waals surface area contributed by atoms with Crippen molar-refractivity contribution >= 4 is 34.3 Å². The molecule has 3 aromatic heterocycles. The number of amides is 1. The molecule has 0 aliphatic carbocycles. The van der Waals surface area contributed by atoms with Crippen molar-refractivity contribution < 1.29 is 4.79 Å². The number of nitrogens with zero attached hydrogens (tertiary/aromatic N) is 4. The molecule has 0 spiro atoms. The minimum Gasteiger partial charge on any atom is -0.325 e. The van der Waals surface area contributed by atoms with Crippen molar-refractivity contribution in [1.82, 2.24) is 19.7 Å². The highest BCUT2D eigenvalue weighted by Crippen LogP contribution is 2.26. The number of thiophene rings is 1. The van der Waals surface area contributed by atoms with Crippen LogP contribution in [0, 0.1) is 0 Å². The first-order valence-electron chi connectivity index (χ1n) is 7.95. The third kappa shape index (κ3) is 3.87. The molecule has 0 bridgehead atoms. The van der Waals surface area contributed by atoms with Crippen LogP contribution in [-0.4, -0.2) is 25.7 Å². The van der Waals surface area contributed by atoms with Crippen LogP contribution in [-0.2, 0) is 17.8 Å². The third-order valence-electron chi connectivity index (χ3n) is 3.75. The normalized spacial score (nSPS) is 10.8. The Kier molecular flexibility index (Phi) is 4.85. The van der Waals surface area contributed by atoms with Crippen molar-refractivity contribution in [1.29, 1.82) is 0 Å². The van der Waals surface area contributed by atoms with E-state index in [1.807, 2.05) is 41.1 Å². The lowest BCUT2D eigenvalue weighted by molar-refractivity contribution is -0.115. The molecule has 1 N–H and O–H groups in total. The van der Waals surface area contributed by atoms with Gasteiger partial charge in [0.1, 0.15) is 17.7 Å². The van der Waals surface area contributed by atoms with E-state index in [4.69, 9.17) is 0 Å². The molecular formula is C18H15N5OS2. The van der Waals surface area contributed by atoms with Crippen molar-refractivity contribution in [2.24, 2.45) is 0 Å². The first-order valence-corrected chi connectivity index (χ1v) is 9.77. The van der Waals surface area contributed by atoms with E-state index in [1.54, 1.807) is 33.7 Å². The van der Waals surface area contributed by atoms with Gasteiger partial charge in [-0.1, -0.05) is 18.2 Å². The summed E-state index contributed by atoms with van der Waals surface area (Å²) in [5.41, 5.74) is 3.64. The fourth-order valence-electron chi connectivity index (χ4n) is 2.53. The summed E-state index contributed by atoms with van der Waals surface area (Å²) in [6.07, 6.45) is 3.40. The van der Waals surface area contributed by atoms with Gasteiger partial charge in [-0.15, -0.1) is 11.3 Å². The molecule has 130 valence electrons. The molecule has 1 amide bonds. The second kappa shape index (κ2) is 7.59. The number of carbonyl (C=O) groups is 1. The lowest BCUT2D eigenvalue weighted by atomic mass is 10.1. The molecule has 0 unspecified atom stereocenters. The van der Waals surface area contributed by atoms with Gasteiger partial charge in [-0.3, -0.25) is 4.79 Å². The number of thiazole rings is 1. The van der Waals surface area contributed by atoms with Crippen LogP contribution < -0.4 is 5.32 Å². The van der Waals surface area contributed by atoms with Crippen LogP contribution in [0.25, 0.3) is 10.6 Å². The summed E-state index contributed by atoms with van der Waals surface area (Å²) in [4.78, 5) is 21.0. The molecule has 0 radical (unpaired) electrons. The topological polar surface area (TPSA) is 72.7 Å². The molecule has 4 aromatic rings. The monoisotopic (exact) mass is 381 g/mol. The molecule has 0 saturated heterocycles. The SMILES string of the molecule is O=C(Cc1csc(-c2ccsc2)n1)Nc1ccccc1Cn1cncn1. The molecule has 26 heavy (non-hydrogen) atoms. The third-order valence-corrected chi connectivity index (χ3v) is 5.38. The average molecular weight is 381 g/mol. The Bertz CT molecular complexity index is 992. The average Bonchev–Trinajstić information content (AvgIpc) is 3.38. The van der Waals surface area contributed by atoms with Crippen LogP contribution in [0.15, 0.2) is 59.1 Å². The highest BCUT2D eigenvalue weighted by atomic mass is 32.1. The molecule has 0 fully saturated rings. The molecule has 4 rings (SSSR count). The number of para-hydroxylation sites is 1. The summed E-state index contributed by atoms with van der Waals surface area (Å²) in [7, 11) is 0. The minimum atomic E-state index is -0.0850. The van der Waals surface area contributed by atoms with E-state index in [0.29, 0.717) is 6.54 Å². The van der Waals surface area contributed by atoms with Gasteiger partial charge in [0.05, 0.1) is 18.7 Å². The number of hydrogen-bond acceptors (Lipinski definition) is 6. The Morgan fingerprint density at radius 2 is 2.12 bits per heavy atom. The number of benzene rings is 1. The van der Waals surface area contributed by atoms with Gasteiger partial charge in [0.2, 0.25) is 5.91 Å². The molecule has 8 heteroatoms. The van der Waals surface area contributed by atoms with Crippen molar-refractivity contribution in [2.45, 2.75) is 13.0 Å². The zero-order chi connectivity index (χ0) is 17.8. The van der Waals surface area contributed by atoms with E-state index in [1.165, 1.54) is 6.33 Å². The summed E-state index contributed by atoms with van der Waals surface area (Å²) < 4.78 is 1.72. The largest absolute Gasteiger partial charge is 0.325 e. The van der Waals surface area contributed by atoms with Gasteiger partial charge >= 0.3 is 0 Å². The van der Waals surface area contributed by atoms with E-state index in [9.17, 15) is 4.79 Å². The number of aromatic nitrogens is 4. The minimum absolute atomic E-state index is 0.0850. The van der Waals surface area contributed by atoms with Crippen molar-refractivity contribution in [3.05, 3.63) is 70.4 Å². The lowest BCUT2D eigenvalue weighted by Gasteiger charge is -2.10. The van der Waals surface area contributed by atoms with E-state index in [-0.39, 0.29) is 12.3 Å². The van der Waals surface area contributed by atoms with Crippen LogP contribution >= 0.6 is 22.7 Å². The van der Waals surface area contributed by atoms with E-state index in [2.05, 4.69) is 25.8 Å². The fourth-order valence-corrected chi connectivity index (χ4v) is 4.07. The predicted molar refractivity (Wildman–Crippen MR) is 103 cm³/mol. The molecule has 6 nitrogen and oxygen atoms in total. The first kappa shape index (κ1) is 16.6. The summed E-state index contributed by atoms with van der Waals surface area (Å²) in [5, 5.41) is 14.1. The highest BCUT2D eigenvalue weighted by Gasteiger charge is 2.11. The second-order valence-corrected chi connectivity index (χ2v) is 7.27. The van der Waals surface area contributed by atoms with Crippen molar-refractivity contribution in [3.8, 4) is 10.6 Å². The van der Waals surface area contributed by atoms with Crippen LogP contribution in [0.2, 0.25) is 0 Å². The zero-order valence-corrected chi connectivity index (χ0v) is 15.3. The maximum absolute atomic E-state index is 12.5. The van der Waals surface area contributed by atoms with Crippen molar-refractivity contribution in [3.63, 3.8) is 0 Å². The van der Waals surface area contributed by atoms with E-state index < -0.39 is 0 Å². The second-order valence-electron chi connectivity index (χ2n) is 5.63. The number of nitrogens with one attached hydrogen (secondary N) is 1. The van der Waals surface area contributed by atoms with Gasteiger partial charge < -0.3 is 5.32 Å². The highest BCUT2D eigenvalue weighted by molar-refractivity contribution is 7.14. The molecular weight excluding hydrogens is 366 g/mol. The number of rotatable bonds is 6. The number of anilines is 1. The van der Waals surface area contributed by atoms with E-state index in [0.717, 1.165) is 27.5 Å². The van der Waals surface area contributed by atoms with Gasteiger partial charge in [-0.05, 0) is 23.1 Å². The van der Waals surface area contributed by atoms with Gasteiger partial charge in [-0.2, -0.15) is 16.4 Å². The summed E-state index contributed by atoms with van der Waals surface area (Å²) in [6, 6.07) is 9.73. The molecule has 0 atom stereocenters. The van der Waals surface area contributed by atoms with Crippen LogP contribution in [0.5, 0.6) is 0 Å². The fraction of sp³-hybridized carbons (Fsp3) is 0.111. The smallest absolute Gasteiger partial charge is 0.230 e. The van der Waals surface area contributed by atoms with Crippen LogP contribution in [0.1, 0.15) is 11.3 Å². The lowest BCUT2D eigenvalue weighted by Crippen LogP contribution is -2.16. The summed E-state index contributed by atoms with van der Waals surface area (Å²) in [5.74, 6) is -0.0850. The zero-order valence-electron chi connectivity index (χ0n) is 13.7. The van der Waals surface area contributed by atoms with Gasteiger partial charge in [0.25, 0.3) is 0 Å². The Balaban J connectivity index is 1.44. The van der Waals surface area contributed by atoms with Crippen LogP contribution in [0.4, 0.5) is 5.69 Å². The Morgan fingerprint density at radius 1 is 1.19 bits per heavy atom. The Labute approximate surface area is 158 Å².